The molecule has 1 unspecified atom stereocenters. The molecular formula is C26H30N2O3. The molecule has 0 bridgehead atoms. The van der Waals surface area contributed by atoms with Crippen LogP contribution in [0.2, 0.25) is 0 Å². The second-order valence-electron chi connectivity index (χ2n) is 9.45. The second-order valence-corrected chi connectivity index (χ2v) is 9.45. The molecule has 1 atom stereocenters. The molecule has 5 heteroatoms. The van der Waals surface area contributed by atoms with Gasteiger partial charge in [0.25, 0.3) is 0 Å². The lowest BCUT2D eigenvalue weighted by atomic mass is 9.69. The van der Waals surface area contributed by atoms with Crippen LogP contribution in [0.1, 0.15) is 50.2 Å². The Kier molecular flexibility index (Phi) is 5.71. The van der Waals surface area contributed by atoms with Gasteiger partial charge in [0.15, 0.2) is 5.78 Å². The Hall–Kier alpha value is -2.92. The maximum Gasteiger partial charge on any atom is 0.242 e. The zero-order valence-electron chi connectivity index (χ0n) is 18.7. The number of benzene rings is 2. The number of ketones is 1. The van der Waals surface area contributed by atoms with Gasteiger partial charge < -0.3 is 4.74 Å². The summed E-state index contributed by atoms with van der Waals surface area (Å²) < 4.78 is 5.90. The quantitative estimate of drug-likeness (QED) is 0.706. The predicted molar refractivity (Wildman–Crippen MR) is 120 cm³/mol. The van der Waals surface area contributed by atoms with Gasteiger partial charge in [0, 0.05) is 44.1 Å². The second kappa shape index (κ2) is 8.31. The molecule has 1 aliphatic heterocycles. The van der Waals surface area contributed by atoms with Crippen LogP contribution in [0, 0.1) is 5.41 Å². The molecule has 0 radical (unpaired) electrons. The van der Waals surface area contributed by atoms with Crippen LogP contribution >= 0.6 is 0 Å². The smallest absolute Gasteiger partial charge is 0.242 e. The summed E-state index contributed by atoms with van der Waals surface area (Å²) in [7, 11) is 3.71. The molecule has 2 aromatic rings. The van der Waals surface area contributed by atoms with Crippen molar-refractivity contribution in [3.8, 4) is 5.75 Å². The molecule has 0 aromatic heterocycles. The van der Waals surface area contributed by atoms with Gasteiger partial charge in [-0.2, -0.15) is 0 Å². The van der Waals surface area contributed by atoms with Gasteiger partial charge in [0.1, 0.15) is 12.4 Å². The molecule has 0 N–H and O–H groups in total. The van der Waals surface area contributed by atoms with Crippen LogP contribution in [0.4, 0.5) is 0 Å². The highest BCUT2D eigenvalue weighted by atomic mass is 16.5. The molecule has 0 fully saturated rings. The Morgan fingerprint density at radius 1 is 1.00 bits per heavy atom. The number of Topliss-reactive ketones (excluding diaryl/α,β-unsaturated/α-hetero) is 1. The van der Waals surface area contributed by atoms with E-state index in [1.165, 1.54) is 0 Å². The van der Waals surface area contributed by atoms with Crippen molar-refractivity contribution >= 4 is 11.7 Å². The zero-order valence-corrected chi connectivity index (χ0v) is 18.7. The first-order chi connectivity index (χ1) is 14.7. The fourth-order valence-electron chi connectivity index (χ4n) is 4.69. The predicted octanol–water partition coefficient (Wildman–Crippen LogP) is 4.70. The van der Waals surface area contributed by atoms with Crippen LogP contribution in [-0.2, 0) is 16.2 Å². The molecule has 0 saturated carbocycles. The number of amides is 1. The minimum Gasteiger partial charge on any atom is -0.489 e. The molecular weight excluding hydrogens is 388 g/mol. The van der Waals surface area contributed by atoms with Crippen molar-refractivity contribution in [3.05, 3.63) is 77.0 Å². The van der Waals surface area contributed by atoms with E-state index in [0.717, 1.165) is 28.1 Å². The Labute approximate surface area is 184 Å². The normalized spacial score (nSPS) is 20.8. The standard InChI is InChI=1S/C26H30N2O3/c1-26(2)15-22-25(23(29)16-26)21(14-24(30)28(22)27(3)4)19-10-12-20(13-11-19)31-17-18-8-6-5-7-9-18/h5-13,21H,14-17H2,1-4H3. The largest absolute Gasteiger partial charge is 0.489 e. The van der Waals surface area contributed by atoms with Gasteiger partial charge in [-0.1, -0.05) is 56.3 Å². The van der Waals surface area contributed by atoms with Crippen molar-refractivity contribution in [2.75, 3.05) is 14.1 Å². The fraction of sp³-hybridized carbons (Fsp3) is 0.385. The number of carbonyl (C=O) groups is 2. The van der Waals surface area contributed by atoms with Crippen molar-refractivity contribution < 1.29 is 14.3 Å². The van der Waals surface area contributed by atoms with Gasteiger partial charge in [0.2, 0.25) is 5.91 Å². The highest BCUT2D eigenvalue weighted by Crippen LogP contribution is 2.47. The summed E-state index contributed by atoms with van der Waals surface area (Å²) in [5.41, 5.74) is 3.60. The Balaban J connectivity index is 1.61. The molecule has 0 spiro atoms. The summed E-state index contributed by atoms with van der Waals surface area (Å²) >= 11 is 0. The van der Waals surface area contributed by atoms with Crippen LogP contribution in [0.5, 0.6) is 5.75 Å². The lowest BCUT2D eigenvalue weighted by Crippen LogP contribution is -2.49. The number of nitrogens with zero attached hydrogens (tertiary/aromatic N) is 2. The highest BCUT2D eigenvalue weighted by molar-refractivity contribution is 6.01. The number of hydrogen-bond acceptors (Lipinski definition) is 4. The topological polar surface area (TPSA) is 49.9 Å². The SMILES string of the molecule is CN(C)N1C(=O)CC(c2ccc(OCc3ccccc3)cc2)C2=C1CC(C)(C)CC2=O. The summed E-state index contributed by atoms with van der Waals surface area (Å²) in [6.45, 7) is 4.69. The summed E-state index contributed by atoms with van der Waals surface area (Å²) in [6, 6.07) is 17.9. The lowest BCUT2D eigenvalue weighted by molar-refractivity contribution is -0.143. The minimum atomic E-state index is -0.203. The molecule has 31 heavy (non-hydrogen) atoms. The molecule has 1 aliphatic carbocycles. The Bertz CT molecular complexity index is 1010. The zero-order chi connectivity index (χ0) is 22.2. The van der Waals surface area contributed by atoms with E-state index in [1.54, 1.807) is 10.0 Å². The number of rotatable bonds is 5. The first kappa shape index (κ1) is 21.3. The third-order valence-corrected chi connectivity index (χ3v) is 6.05. The van der Waals surface area contributed by atoms with Crippen molar-refractivity contribution in [1.82, 2.24) is 10.0 Å². The van der Waals surface area contributed by atoms with E-state index in [2.05, 4.69) is 13.8 Å². The lowest BCUT2D eigenvalue weighted by Gasteiger charge is -2.44. The number of carbonyl (C=O) groups excluding carboxylic acids is 2. The molecule has 4 rings (SSSR count). The Morgan fingerprint density at radius 3 is 2.32 bits per heavy atom. The number of hydrogen-bond donors (Lipinski definition) is 0. The van der Waals surface area contributed by atoms with Gasteiger partial charge in [-0.3, -0.25) is 9.59 Å². The van der Waals surface area contributed by atoms with Gasteiger partial charge in [-0.05, 0) is 35.1 Å². The molecule has 162 valence electrons. The van der Waals surface area contributed by atoms with E-state index in [0.29, 0.717) is 25.9 Å². The minimum absolute atomic E-state index is 0.0312. The van der Waals surface area contributed by atoms with E-state index in [-0.39, 0.29) is 23.0 Å². The van der Waals surface area contributed by atoms with Crippen LogP contribution in [-0.4, -0.2) is 35.8 Å². The Morgan fingerprint density at radius 2 is 1.68 bits per heavy atom. The maximum atomic E-state index is 13.2. The van der Waals surface area contributed by atoms with E-state index in [1.807, 2.05) is 68.7 Å². The van der Waals surface area contributed by atoms with Crippen molar-refractivity contribution in [2.45, 2.75) is 45.6 Å². The summed E-state index contributed by atoms with van der Waals surface area (Å²) in [4.78, 5) is 26.2. The number of hydrazine groups is 1. The molecule has 0 saturated heterocycles. The first-order valence-corrected chi connectivity index (χ1v) is 10.8. The fourth-order valence-corrected chi connectivity index (χ4v) is 4.69. The van der Waals surface area contributed by atoms with E-state index in [9.17, 15) is 9.59 Å². The summed E-state index contributed by atoms with van der Waals surface area (Å²) in [6.07, 6.45) is 1.52. The van der Waals surface area contributed by atoms with E-state index < -0.39 is 0 Å². The van der Waals surface area contributed by atoms with Gasteiger partial charge in [-0.25, -0.2) is 10.0 Å². The first-order valence-electron chi connectivity index (χ1n) is 10.8. The summed E-state index contributed by atoms with van der Waals surface area (Å²) in [5.74, 6) is 0.754. The van der Waals surface area contributed by atoms with Crippen molar-refractivity contribution in [3.63, 3.8) is 0 Å². The van der Waals surface area contributed by atoms with Crippen molar-refractivity contribution in [1.29, 1.82) is 0 Å². The summed E-state index contributed by atoms with van der Waals surface area (Å²) in [5, 5.41) is 3.49. The van der Waals surface area contributed by atoms with Crippen molar-refractivity contribution in [2.24, 2.45) is 5.41 Å². The maximum absolute atomic E-state index is 13.2. The van der Waals surface area contributed by atoms with Gasteiger partial charge in [-0.15, -0.1) is 0 Å². The van der Waals surface area contributed by atoms with E-state index in [4.69, 9.17) is 4.74 Å². The molecule has 2 aromatic carbocycles. The van der Waals surface area contributed by atoms with Gasteiger partial charge in [0.05, 0.1) is 0 Å². The highest BCUT2D eigenvalue weighted by Gasteiger charge is 2.44. The van der Waals surface area contributed by atoms with Crippen LogP contribution in [0.25, 0.3) is 0 Å². The molecule has 5 nitrogen and oxygen atoms in total. The van der Waals surface area contributed by atoms with Crippen LogP contribution < -0.4 is 4.74 Å². The van der Waals surface area contributed by atoms with Crippen LogP contribution in [0.15, 0.2) is 65.9 Å². The van der Waals surface area contributed by atoms with E-state index >= 15 is 0 Å². The molecule has 1 amide bonds. The molecule has 1 heterocycles. The number of ether oxygens (including phenoxy) is 1. The molecule has 2 aliphatic rings. The third kappa shape index (κ3) is 4.42. The van der Waals surface area contributed by atoms with Gasteiger partial charge >= 0.3 is 0 Å². The number of allylic oxidation sites excluding steroid dienone is 2. The third-order valence-electron chi connectivity index (χ3n) is 6.05. The monoisotopic (exact) mass is 418 g/mol. The average molecular weight is 419 g/mol. The average Bonchev–Trinajstić information content (AvgIpc) is 2.71. The van der Waals surface area contributed by atoms with Crippen LogP contribution in [0.3, 0.4) is 0 Å².